The summed E-state index contributed by atoms with van der Waals surface area (Å²) in [7, 11) is 0. The maximum absolute atomic E-state index is 11.9. The molecule has 0 bridgehead atoms. The second kappa shape index (κ2) is 14.5. The SMILES string of the molecule is C[C@H]1CO[C@]2(C)O[C@H]3[C@@H]([C@H]4CC=C5C6=C(CC[C@@]54C)[C@@]4(C)CC[C@H](O[C@@H]5O[C@H](CO)[C@@H](O)[C@H](O)[C@H]5O[C@@H]5O[C@H](CO)[C@@H](O)[C@H](O)[C@H]5O)C[C@@H]4CC6)[C@H](O)O[C@H]3[C@]12O. The van der Waals surface area contributed by atoms with Crippen LogP contribution in [-0.4, -0.2) is 163 Å². The van der Waals surface area contributed by atoms with Gasteiger partial charge in [-0.25, -0.2) is 0 Å². The number of aliphatic hydroxyl groups excluding tert-OH is 8. The highest BCUT2D eigenvalue weighted by atomic mass is 16.8. The van der Waals surface area contributed by atoms with Crippen molar-refractivity contribution in [1.82, 2.24) is 0 Å². The molecule has 9 aliphatic rings. The van der Waals surface area contributed by atoms with Gasteiger partial charge in [0.25, 0.3) is 0 Å². The van der Waals surface area contributed by atoms with Gasteiger partial charge in [-0.05, 0) is 92.1 Å². The third-order valence-electron chi connectivity index (χ3n) is 16.4. The Morgan fingerprint density at radius 2 is 1.49 bits per heavy atom. The van der Waals surface area contributed by atoms with Crippen LogP contribution in [0.25, 0.3) is 0 Å². The second-order valence-electron chi connectivity index (χ2n) is 19.1. The van der Waals surface area contributed by atoms with Gasteiger partial charge < -0.3 is 79.1 Å². The smallest absolute Gasteiger partial charge is 0.197 e. The first-order chi connectivity index (χ1) is 27.0. The molecule has 0 spiro atoms. The molecule has 5 saturated heterocycles. The van der Waals surface area contributed by atoms with E-state index in [0.29, 0.717) is 19.4 Å². The van der Waals surface area contributed by atoms with Gasteiger partial charge in [-0.1, -0.05) is 32.4 Å². The van der Waals surface area contributed by atoms with Crippen molar-refractivity contribution < 1.29 is 79.1 Å². The molecule has 0 amide bonds. The van der Waals surface area contributed by atoms with Crippen LogP contribution in [0.4, 0.5) is 0 Å². The molecule has 0 aromatic carbocycles. The van der Waals surface area contributed by atoms with Crippen LogP contribution in [0, 0.1) is 34.5 Å². The van der Waals surface area contributed by atoms with Crippen molar-refractivity contribution in [1.29, 1.82) is 0 Å². The summed E-state index contributed by atoms with van der Waals surface area (Å²) in [4.78, 5) is 0. The fraction of sp³-hybridized carbons (Fsp3) is 0.902. The molecule has 5 heterocycles. The average molecular weight is 811 g/mol. The molecule has 0 aromatic rings. The highest BCUT2D eigenvalue weighted by molar-refractivity contribution is 5.50. The number of ether oxygens (including phenoxy) is 7. The lowest BCUT2D eigenvalue weighted by atomic mass is 9.51. The van der Waals surface area contributed by atoms with Crippen molar-refractivity contribution in [2.45, 2.75) is 176 Å². The lowest BCUT2D eigenvalue weighted by Crippen LogP contribution is -2.65. The van der Waals surface area contributed by atoms with Crippen molar-refractivity contribution >= 4 is 0 Å². The topological polar surface area (TPSA) is 247 Å². The van der Waals surface area contributed by atoms with Crippen molar-refractivity contribution in [3.63, 3.8) is 0 Å². The molecule has 6 fully saturated rings. The molecule has 0 unspecified atom stereocenters. The molecule has 4 aliphatic carbocycles. The predicted octanol–water partition coefficient (Wildman–Crippen LogP) is -0.515. The molecule has 322 valence electrons. The summed E-state index contributed by atoms with van der Waals surface area (Å²) >= 11 is 0. The minimum Gasteiger partial charge on any atom is -0.394 e. The summed E-state index contributed by atoms with van der Waals surface area (Å²) in [5.41, 5.74) is 2.63. The van der Waals surface area contributed by atoms with E-state index >= 15 is 0 Å². The van der Waals surface area contributed by atoms with Gasteiger partial charge in [0.05, 0.1) is 32.0 Å². The normalized spacial score (nSPS) is 57.2. The highest BCUT2D eigenvalue weighted by Crippen LogP contribution is 2.67. The van der Waals surface area contributed by atoms with Gasteiger partial charge in [0, 0.05) is 11.8 Å². The number of fused-ring (bicyclic) bond motifs is 7. The Balaban J connectivity index is 0.903. The molecule has 16 heteroatoms. The molecule has 0 aromatic heterocycles. The maximum Gasteiger partial charge on any atom is 0.197 e. The van der Waals surface area contributed by atoms with Crippen LogP contribution in [-0.2, 0) is 33.2 Å². The first kappa shape index (κ1) is 41.2. The lowest BCUT2D eigenvalue weighted by molar-refractivity contribution is -0.373. The quantitative estimate of drug-likeness (QED) is 0.157. The van der Waals surface area contributed by atoms with E-state index < -0.39 is 105 Å². The second-order valence-corrected chi connectivity index (χ2v) is 19.1. The van der Waals surface area contributed by atoms with Gasteiger partial charge in [-0.15, -0.1) is 0 Å². The summed E-state index contributed by atoms with van der Waals surface area (Å²) in [6.07, 6.45) is -8.53. The zero-order valence-electron chi connectivity index (χ0n) is 33.1. The van der Waals surface area contributed by atoms with Gasteiger partial charge in [0.15, 0.2) is 30.3 Å². The average Bonchev–Trinajstić information content (AvgIpc) is 3.83. The monoisotopic (exact) mass is 810 g/mol. The van der Waals surface area contributed by atoms with E-state index in [1.54, 1.807) is 6.92 Å². The van der Waals surface area contributed by atoms with Gasteiger partial charge in [0.2, 0.25) is 0 Å². The zero-order chi connectivity index (χ0) is 40.6. The van der Waals surface area contributed by atoms with Crippen LogP contribution >= 0.6 is 0 Å². The zero-order valence-corrected chi connectivity index (χ0v) is 33.1. The van der Waals surface area contributed by atoms with Crippen LogP contribution in [0.1, 0.15) is 79.1 Å². The van der Waals surface area contributed by atoms with E-state index in [0.717, 1.165) is 38.5 Å². The van der Waals surface area contributed by atoms with E-state index in [1.807, 2.05) is 6.92 Å². The molecular weight excluding hydrogens is 748 g/mol. The predicted molar refractivity (Wildman–Crippen MR) is 194 cm³/mol. The molecule has 9 rings (SSSR count). The van der Waals surface area contributed by atoms with E-state index in [2.05, 4.69) is 19.9 Å². The minimum atomic E-state index is -1.75. The standard InChI is InChI=1S/C41H62O16/c1-17-16-51-40(4)41(17,50)34-32(57-40)26(35(49)56-34)23-8-7-21-20-6-5-18-13-19(9-11-38(18,2)22(20)10-12-39(21,23)3)52-37-33(30(47)28(45)25(15-43)54-37)55-36-31(48)29(46)27(44)24(14-42)53-36/h7,17-19,23-37,42-50H,5-6,8-16H2,1-4H3/t17-,18-,19-,23+,24+,25+,26+,27+,28+,29-,30-,31+,32-,33+,34+,35+,36-,37+,38-,39-,40+,41+/m0/s1. The Hall–Kier alpha value is -1.16. The fourth-order valence-corrected chi connectivity index (χ4v) is 12.9. The Morgan fingerprint density at radius 1 is 0.789 bits per heavy atom. The van der Waals surface area contributed by atoms with Crippen LogP contribution in [0.15, 0.2) is 22.8 Å². The van der Waals surface area contributed by atoms with Gasteiger partial charge >= 0.3 is 0 Å². The van der Waals surface area contributed by atoms with Crippen molar-refractivity contribution in [2.24, 2.45) is 34.5 Å². The number of hydrogen-bond acceptors (Lipinski definition) is 16. The number of aliphatic hydroxyl groups is 9. The van der Waals surface area contributed by atoms with Gasteiger partial charge in [-0.2, -0.15) is 0 Å². The minimum absolute atomic E-state index is 0.0628. The third kappa shape index (κ3) is 5.92. The number of allylic oxidation sites excluding steroid dienone is 4. The summed E-state index contributed by atoms with van der Waals surface area (Å²) < 4.78 is 42.7. The van der Waals surface area contributed by atoms with Crippen molar-refractivity contribution in [2.75, 3.05) is 19.8 Å². The molecule has 16 nitrogen and oxygen atoms in total. The van der Waals surface area contributed by atoms with Crippen molar-refractivity contribution in [3.05, 3.63) is 22.8 Å². The largest absolute Gasteiger partial charge is 0.394 e. The van der Waals surface area contributed by atoms with Gasteiger partial charge in [0.1, 0.15) is 54.9 Å². The molecule has 0 radical (unpaired) electrons. The van der Waals surface area contributed by atoms with E-state index in [1.165, 1.54) is 16.7 Å². The maximum atomic E-state index is 11.9. The van der Waals surface area contributed by atoms with E-state index in [-0.39, 0.29) is 40.6 Å². The first-order valence-electron chi connectivity index (χ1n) is 21.1. The van der Waals surface area contributed by atoms with Crippen LogP contribution in [0.3, 0.4) is 0 Å². The third-order valence-corrected chi connectivity index (χ3v) is 16.4. The summed E-state index contributed by atoms with van der Waals surface area (Å²) in [5.74, 6) is -1.37. The van der Waals surface area contributed by atoms with E-state index in [9.17, 15) is 46.0 Å². The van der Waals surface area contributed by atoms with E-state index in [4.69, 9.17) is 33.2 Å². The van der Waals surface area contributed by atoms with Crippen LogP contribution in [0.2, 0.25) is 0 Å². The lowest BCUT2D eigenvalue weighted by Gasteiger charge is -2.54. The summed E-state index contributed by atoms with van der Waals surface area (Å²) in [6, 6.07) is 0. The summed E-state index contributed by atoms with van der Waals surface area (Å²) in [5, 5.41) is 96.1. The van der Waals surface area contributed by atoms with Gasteiger partial charge in [-0.3, -0.25) is 0 Å². The Labute approximate surface area is 332 Å². The Bertz CT molecular complexity index is 1610. The Kier molecular flexibility index (Phi) is 10.5. The molecule has 9 N–H and O–H groups in total. The van der Waals surface area contributed by atoms with Crippen LogP contribution in [0.5, 0.6) is 0 Å². The Morgan fingerprint density at radius 3 is 2.21 bits per heavy atom. The first-order valence-corrected chi connectivity index (χ1v) is 21.1. The highest BCUT2D eigenvalue weighted by Gasteiger charge is 2.75. The molecule has 1 saturated carbocycles. The summed E-state index contributed by atoms with van der Waals surface area (Å²) in [6.45, 7) is 7.50. The fourth-order valence-electron chi connectivity index (χ4n) is 12.9. The number of rotatable bonds is 7. The molecule has 22 atom stereocenters. The van der Waals surface area contributed by atoms with Crippen molar-refractivity contribution in [3.8, 4) is 0 Å². The molecule has 5 aliphatic heterocycles. The molecule has 57 heavy (non-hydrogen) atoms. The number of hydrogen-bond donors (Lipinski definition) is 9. The molecular formula is C41H62O16. The van der Waals surface area contributed by atoms with Crippen LogP contribution < -0.4 is 0 Å².